The van der Waals surface area contributed by atoms with E-state index in [2.05, 4.69) is 15.4 Å². The second-order valence-electron chi connectivity index (χ2n) is 6.83. The van der Waals surface area contributed by atoms with Crippen molar-refractivity contribution in [2.75, 3.05) is 11.9 Å². The molecular formula is C22H24N4O3. The van der Waals surface area contributed by atoms with Crippen molar-refractivity contribution < 1.29 is 14.3 Å². The van der Waals surface area contributed by atoms with Gasteiger partial charge in [0.2, 0.25) is 0 Å². The molecule has 7 heteroatoms. The summed E-state index contributed by atoms with van der Waals surface area (Å²) < 4.78 is 6.84. The van der Waals surface area contributed by atoms with Gasteiger partial charge in [-0.25, -0.2) is 14.5 Å². The van der Waals surface area contributed by atoms with Crippen LogP contribution in [0.25, 0.3) is 5.82 Å². The third kappa shape index (κ3) is 4.68. The molecule has 0 spiro atoms. The number of hydrogen-bond acceptors (Lipinski definition) is 5. The summed E-state index contributed by atoms with van der Waals surface area (Å²) in [6, 6.07) is 11.1. The van der Waals surface area contributed by atoms with Crippen molar-refractivity contribution in [2.45, 2.75) is 34.1 Å². The lowest BCUT2D eigenvalue weighted by Gasteiger charge is -2.13. The van der Waals surface area contributed by atoms with Crippen LogP contribution < -0.4 is 5.32 Å². The van der Waals surface area contributed by atoms with Gasteiger partial charge in [0.15, 0.2) is 12.4 Å². The van der Waals surface area contributed by atoms with E-state index in [1.165, 1.54) is 6.20 Å². The molecule has 0 fully saturated rings. The van der Waals surface area contributed by atoms with Crippen LogP contribution >= 0.6 is 0 Å². The molecule has 0 aliphatic carbocycles. The number of carbonyl (C=O) groups excluding carboxylic acids is 2. The number of pyridine rings is 1. The van der Waals surface area contributed by atoms with E-state index in [0.717, 1.165) is 34.6 Å². The maximum Gasteiger partial charge on any atom is 0.340 e. The van der Waals surface area contributed by atoms with Gasteiger partial charge in [-0.05, 0) is 56.5 Å². The van der Waals surface area contributed by atoms with Crippen LogP contribution in [0, 0.1) is 20.8 Å². The van der Waals surface area contributed by atoms with Gasteiger partial charge in [0.1, 0.15) is 0 Å². The number of anilines is 1. The predicted octanol–water partition coefficient (Wildman–Crippen LogP) is 3.55. The summed E-state index contributed by atoms with van der Waals surface area (Å²) in [5, 5.41) is 7.19. The highest BCUT2D eigenvalue weighted by Gasteiger charge is 2.14. The highest BCUT2D eigenvalue weighted by molar-refractivity contribution is 5.96. The fourth-order valence-corrected chi connectivity index (χ4v) is 3.08. The van der Waals surface area contributed by atoms with Crippen molar-refractivity contribution in [3.05, 3.63) is 70.7 Å². The van der Waals surface area contributed by atoms with Crippen molar-refractivity contribution in [1.82, 2.24) is 14.8 Å². The number of ether oxygens (including phenoxy) is 1. The molecule has 0 bridgehead atoms. The van der Waals surface area contributed by atoms with Crippen molar-refractivity contribution >= 4 is 17.6 Å². The monoisotopic (exact) mass is 392 g/mol. The lowest BCUT2D eigenvalue weighted by molar-refractivity contribution is -0.119. The van der Waals surface area contributed by atoms with E-state index < -0.39 is 5.97 Å². The van der Waals surface area contributed by atoms with Crippen molar-refractivity contribution in [3.8, 4) is 5.82 Å². The van der Waals surface area contributed by atoms with Gasteiger partial charge in [-0.3, -0.25) is 4.79 Å². The number of nitrogens with zero attached hydrogens (tertiary/aromatic N) is 3. The molecule has 1 aromatic carbocycles. The highest BCUT2D eigenvalue weighted by atomic mass is 16.5. The topological polar surface area (TPSA) is 86.1 Å². The zero-order valence-electron chi connectivity index (χ0n) is 17.0. The van der Waals surface area contributed by atoms with Gasteiger partial charge >= 0.3 is 5.97 Å². The van der Waals surface area contributed by atoms with Crippen LogP contribution in [0.4, 0.5) is 5.69 Å². The Balaban J connectivity index is 1.61. The molecular weight excluding hydrogens is 368 g/mol. The summed E-state index contributed by atoms with van der Waals surface area (Å²) >= 11 is 0. The Bertz CT molecular complexity index is 1040. The Labute approximate surface area is 169 Å². The second kappa shape index (κ2) is 8.68. The molecule has 0 aliphatic rings. The number of nitrogens with one attached hydrogen (secondary N) is 1. The second-order valence-corrected chi connectivity index (χ2v) is 6.83. The quantitative estimate of drug-likeness (QED) is 0.649. The molecule has 0 radical (unpaired) electrons. The zero-order chi connectivity index (χ0) is 21.0. The fourth-order valence-electron chi connectivity index (χ4n) is 3.08. The van der Waals surface area contributed by atoms with Gasteiger partial charge in [-0.1, -0.05) is 25.1 Å². The first-order chi connectivity index (χ1) is 13.9. The average Bonchev–Trinajstić information content (AvgIpc) is 3.05. The highest BCUT2D eigenvalue weighted by Crippen LogP contribution is 2.21. The van der Waals surface area contributed by atoms with E-state index in [4.69, 9.17) is 4.74 Å². The minimum Gasteiger partial charge on any atom is -0.452 e. The Morgan fingerprint density at radius 1 is 1.14 bits per heavy atom. The Hall–Kier alpha value is -3.48. The number of para-hydroxylation sites is 1. The van der Waals surface area contributed by atoms with Crippen LogP contribution in [0.15, 0.2) is 42.6 Å². The standard InChI is InChI=1S/C22H24N4O3/c1-5-17-8-6-7-14(2)21(17)24-20(27)13-29-22(28)18-9-10-19(23-12-18)26-16(4)11-15(3)25-26/h6-12H,5,13H2,1-4H3,(H,24,27). The molecule has 3 aromatic rings. The van der Waals surface area contributed by atoms with E-state index >= 15 is 0 Å². The summed E-state index contributed by atoms with van der Waals surface area (Å²) in [7, 11) is 0. The maximum absolute atomic E-state index is 12.2. The van der Waals surface area contributed by atoms with Crippen LogP contribution in [0.3, 0.4) is 0 Å². The minimum absolute atomic E-state index is 0.272. The predicted molar refractivity (Wildman–Crippen MR) is 110 cm³/mol. The number of hydrogen-bond donors (Lipinski definition) is 1. The van der Waals surface area contributed by atoms with Crippen molar-refractivity contribution in [1.29, 1.82) is 0 Å². The van der Waals surface area contributed by atoms with E-state index in [9.17, 15) is 9.59 Å². The summed E-state index contributed by atoms with van der Waals surface area (Å²) in [4.78, 5) is 28.8. The van der Waals surface area contributed by atoms with Gasteiger partial charge in [-0.15, -0.1) is 0 Å². The molecule has 0 atom stereocenters. The first kappa shape index (κ1) is 20.3. The van der Waals surface area contributed by atoms with Crippen molar-refractivity contribution in [2.24, 2.45) is 0 Å². The normalized spacial score (nSPS) is 10.6. The average molecular weight is 392 g/mol. The van der Waals surface area contributed by atoms with Crippen LogP contribution in [0.2, 0.25) is 0 Å². The molecule has 0 saturated heterocycles. The number of rotatable bonds is 6. The van der Waals surface area contributed by atoms with Gasteiger partial charge in [0.05, 0.1) is 11.3 Å². The molecule has 2 aromatic heterocycles. The first-order valence-electron chi connectivity index (χ1n) is 9.44. The number of aryl methyl sites for hydroxylation is 4. The van der Waals surface area contributed by atoms with E-state index in [1.807, 2.05) is 52.0 Å². The van der Waals surface area contributed by atoms with Gasteiger partial charge in [0.25, 0.3) is 5.91 Å². The fraction of sp³-hybridized carbons (Fsp3) is 0.273. The van der Waals surface area contributed by atoms with Crippen LogP contribution in [0.1, 0.15) is 39.8 Å². The molecule has 2 heterocycles. The lowest BCUT2D eigenvalue weighted by Crippen LogP contribution is -2.22. The number of aromatic nitrogens is 3. The molecule has 0 saturated carbocycles. The van der Waals surface area contributed by atoms with E-state index in [-0.39, 0.29) is 18.1 Å². The summed E-state index contributed by atoms with van der Waals surface area (Å²) in [6.45, 7) is 7.42. The smallest absolute Gasteiger partial charge is 0.340 e. The molecule has 1 amide bonds. The number of esters is 1. The summed E-state index contributed by atoms with van der Waals surface area (Å²) in [5.74, 6) is -0.376. The molecule has 7 nitrogen and oxygen atoms in total. The van der Waals surface area contributed by atoms with E-state index in [0.29, 0.717) is 5.82 Å². The molecule has 150 valence electrons. The largest absolute Gasteiger partial charge is 0.452 e. The number of carbonyl (C=O) groups is 2. The Morgan fingerprint density at radius 2 is 1.93 bits per heavy atom. The van der Waals surface area contributed by atoms with Crippen LogP contribution in [-0.2, 0) is 16.0 Å². The van der Waals surface area contributed by atoms with Gasteiger partial charge in [0, 0.05) is 17.6 Å². The lowest BCUT2D eigenvalue weighted by atomic mass is 10.1. The minimum atomic E-state index is -0.604. The first-order valence-corrected chi connectivity index (χ1v) is 9.44. The number of amides is 1. The Morgan fingerprint density at radius 3 is 2.55 bits per heavy atom. The maximum atomic E-state index is 12.2. The zero-order valence-corrected chi connectivity index (χ0v) is 17.0. The molecule has 0 aliphatic heterocycles. The third-order valence-corrected chi connectivity index (χ3v) is 4.55. The molecule has 0 unspecified atom stereocenters. The van der Waals surface area contributed by atoms with Crippen LogP contribution in [-0.4, -0.2) is 33.2 Å². The summed E-state index contributed by atoms with van der Waals surface area (Å²) in [6.07, 6.45) is 2.22. The molecule has 3 rings (SSSR count). The SMILES string of the molecule is CCc1cccc(C)c1NC(=O)COC(=O)c1ccc(-n2nc(C)cc2C)nc1. The van der Waals surface area contributed by atoms with Gasteiger partial charge < -0.3 is 10.1 Å². The van der Waals surface area contributed by atoms with Crippen molar-refractivity contribution in [3.63, 3.8) is 0 Å². The number of benzene rings is 1. The van der Waals surface area contributed by atoms with E-state index in [1.54, 1.807) is 16.8 Å². The molecule has 1 N–H and O–H groups in total. The molecule has 29 heavy (non-hydrogen) atoms. The summed E-state index contributed by atoms with van der Waals surface area (Å²) in [5.41, 5.74) is 4.88. The van der Waals surface area contributed by atoms with Gasteiger partial charge in [-0.2, -0.15) is 5.10 Å². The van der Waals surface area contributed by atoms with Crippen LogP contribution in [0.5, 0.6) is 0 Å². The Kier molecular flexibility index (Phi) is 6.07. The third-order valence-electron chi connectivity index (χ3n) is 4.55.